The molecule has 0 saturated carbocycles. The number of aryl methyl sites for hydroxylation is 2. The fraction of sp³-hybridized carbons (Fsp3) is 0.308. The van der Waals surface area contributed by atoms with Crippen LogP contribution in [0.3, 0.4) is 0 Å². The van der Waals surface area contributed by atoms with Crippen LogP contribution in [-0.4, -0.2) is 20.8 Å². The Balaban J connectivity index is 2.36. The largest absolute Gasteiger partial charge is 0.343 e. The van der Waals surface area contributed by atoms with E-state index in [4.69, 9.17) is 0 Å². The average Bonchev–Trinajstić information content (AvgIpc) is 2.56. The van der Waals surface area contributed by atoms with Crippen molar-refractivity contribution in [1.82, 2.24) is 14.5 Å². The Labute approximate surface area is 100 Å². The monoisotopic (exact) mass is 229 g/mol. The fourth-order valence-corrected chi connectivity index (χ4v) is 1.95. The summed E-state index contributed by atoms with van der Waals surface area (Å²) in [4.78, 5) is 19.3. The zero-order chi connectivity index (χ0) is 12.4. The van der Waals surface area contributed by atoms with Crippen molar-refractivity contribution in [1.29, 1.82) is 0 Å². The molecule has 2 aromatic rings. The van der Waals surface area contributed by atoms with E-state index in [0.29, 0.717) is 6.54 Å². The van der Waals surface area contributed by atoms with Crippen molar-refractivity contribution < 1.29 is 4.79 Å². The summed E-state index contributed by atoms with van der Waals surface area (Å²) in [6.45, 7) is 6.49. The molecule has 0 aliphatic heterocycles. The first-order chi connectivity index (χ1) is 8.11. The molecule has 2 rings (SSSR count). The molecule has 0 atom stereocenters. The van der Waals surface area contributed by atoms with E-state index in [0.717, 1.165) is 34.8 Å². The molecule has 4 heteroatoms. The number of hydrogen-bond acceptors (Lipinski definition) is 3. The van der Waals surface area contributed by atoms with Gasteiger partial charge in [0.1, 0.15) is 5.82 Å². The molecule has 0 aliphatic rings. The van der Waals surface area contributed by atoms with Crippen LogP contribution in [0.1, 0.15) is 33.3 Å². The maximum atomic E-state index is 10.9. The molecule has 0 aliphatic carbocycles. The minimum absolute atomic E-state index is 0.675. The van der Waals surface area contributed by atoms with E-state index in [1.165, 1.54) is 0 Å². The lowest BCUT2D eigenvalue weighted by Gasteiger charge is -2.09. The molecular weight excluding hydrogens is 214 g/mol. The van der Waals surface area contributed by atoms with Crippen molar-refractivity contribution in [2.24, 2.45) is 0 Å². The van der Waals surface area contributed by atoms with Gasteiger partial charge in [0.05, 0.1) is 12.2 Å². The Kier molecular flexibility index (Phi) is 3.04. The van der Waals surface area contributed by atoms with Crippen LogP contribution in [0.5, 0.6) is 0 Å². The van der Waals surface area contributed by atoms with Gasteiger partial charge >= 0.3 is 0 Å². The molecule has 0 unspecified atom stereocenters. The molecule has 17 heavy (non-hydrogen) atoms. The molecule has 0 N–H and O–H groups in total. The van der Waals surface area contributed by atoms with E-state index in [9.17, 15) is 4.79 Å². The summed E-state index contributed by atoms with van der Waals surface area (Å²) in [5.41, 5.74) is 3.75. The van der Waals surface area contributed by atoms with E-state index in [1.807, 2.05) is 32.9 Å². The SMILES string of the molecule is Cc1nccc(Cn2c(C)cc(C=O)c2C)n1. The van der Waals surface area contributed by atoms with Gasteiger partial charge in [-0.1, -0.05) is 0 Å². The zero-order valence-corrected chi connectivity index (χ0v) is 10.3. The van der Waals surface area contributed by atoms with Gasteiger partial charge in [0.2, 0.25) is 0 Å². The fourth-order valence-electron chi connectivity index (χ4n) is 1.95. The zero-order valence-electron chi connectivity index (χ0n) is 10.3. The molecule has 4 nitrogen and oxygen atoms in total. The summed E-state index contributed by atoms with van der Waals surface area (Å²) in [5.74, 6) is 0.764. The predicted molar refractivity (Wildman–Crippen MR) is 65.2 cm³/mol. The number of aromatic nitrogens is 3. The van der Waals surface area contributed by atoms with Crippen LogP contribution in [0.25, 0.3) is 0 Å². The average molecular weight is 229 g/mol. The van der Waals surface area contributed by atoms with Crippen molar-refractivity contribution in [2.75, 3.05) is 0 Å². The molecule has 88 valence electrons. The first kappa shape index (κ1) is 11.5. The highest BCUT2D eigenvalue weighted by molar-refractivity contribution is 5.77. The molecule has 0 bridgehead atoms. The molecule has 0 radical (unpaired) electrons. The van der Waals surface area contributed by atoms with Gasteiger partial charge < -0.3 is 4.57 Å². The highest BCUT2D eigenvalue weighted by Crippen LogP contribution is 2.14. The van der Waals surface area contributed by atoms with Crippen LogP contribution in [0, 0.1) is 20.8 Å². The highest BCUT2D eigenvalue weighted by atomic mass is 16.1. The van der Waals surface area contributed by atoms with Gasteiger partial charge in [0.15, 0.2) is 6.29 Å². The quantitative estimate of drug-likeness (QED) is 0.757. The molecule has 0 spiro atoms. The van der Waals surface area contributed by atoms with Crippen LogP contribution in [0.2, 0.25) is 0 Å². The van der Waals surface area contributed by atoms with Gasteiger partial charge in [-0.3, -0.25) is 4.79 Å². The molecule has 2 aromatic heterocycles. The Morgan fingerprint density at radius 1 is 1.35 bits per heavy atom. The van der Waals surface area contributed by atoms with Crippen LogP contribution in [0.4, 0.5) is 0 Å². The molecule has 0 aromatic carbocycles. The van der Waals surface area contributed by atoms with Gasteiger partial charge in [0.25, 0.3) is 0 Å². The van der Waals surface area contributed by atoms with E-state index in [2.05, 4.69) is 14.5 Å². The molecular formula is C13H15N3O. The normalized spacial score (nSPS) is 10.5. The van der Waals surface area contributed by atoms with Gasteiger partial charge in [0, 0.05) is 23.1 Å². The van der Waals surface area contributed by atoms with Crippen molar-refractivity contribution in [3.63, 3.8) is 0 Å². The minimum atomic E-state index is 0.675. The Bertz CT molecular complexity index is 558. The predicted octanol–water partition coefficient (Wildman–Crippen LogP) is 2.06. The Hall–Kier alpha value is -1.97. The third kappa shape index (κ3) is 2.25. The van der Waals surface area contributed by atoms with E-state index in [-0.39, 0.29) is 0 Å². The second-order valence-electron chi connectivity index (χ2n) is 4.13. The topological polar surface area (TPSA) is 47.8 Å². The van der Waals surface area contributed by atoms with Crippen LogP contribution in [0.15, 0.2) is 18.3 Å². The number of hydrogen-bond donors (Lipinski definition) is 0. The number of carbonyl (C=O) groups is 1. The van der Waals surface area contributed by atoms with Crippen LogP contribution >= 0.6 is 0 Å². The van der Waals surface area contributed by atoms with Gasteiger partial charge in [-0.05, 0) is 32.9 Å². The maximum absolute atomic E-state index is 10.9. The number of nitrogens with zero attached hydrogens (tertiary/aromatic N) is 3. The Morgan fingerprint density at radius 3 is 2.71 bits per heavy atom. The van der Waals surface area contributed by atoms with Crippen molar-refractivity contribution in [2.45, 2.75) is 27.3 Å². The van der Waals surface area contributed by atoms with Gasteiger partial charge in [-0.25, -0.2) is 9.97 Å². The number of carbonyl (C=O) groups excluding carboxylic acids is 1. The lowest BCUT2D eigenvalue weighted by Crippen LogP contribution is -2.06. The van der Waals surface area contributed by atoms with Gasteiger partial charge in [-0.2, -0.15) is 0 Å². The third-order valence-corrected chi connectivity index (χ3v) is 2.89. The Morgan fingerprint density at radius 2 is 2.12 bits per heavy atom. The summed E-state index contributed by atoms with van der Waals surface area (Å²) >= 11 is 0. The molecule has 0 saturated heterocycles. The summed E-state index contributed by atoms with van der Waals surface area (Å²) in [5, 5.41) is 0. The summed E-state index contributed by atoms with van der Waals surface area (Å²) in [6.07, 6.45) is 2.65. The van der Waals surface area contributed by atoms with E-state index < -0.39 is 0 Å². The first-order valence-corrected chi connectivity index (χ1v) is 5.52. The molecule has 0 amide bonds. The summed E-state index contributed by atoms with van der Waals surface area (Å²) in [6, 6.07) is 3.79. The highest BCUT2D eigenvalue weighted by Gasteiger charge is 2.09. The second-order valence-corrected chi connectivity index (χ2v) is 4.13. The lowest BCUT2D eigenvalue weighted by atomic mass is 10.3. The smallest absolute Gasteiger partial charge is 0.151 e. The summed E-state index contributed by atoms with van der Waals surface area (Å²) < 4.78 is 2.09. The minimum Gasteiger partial charge on any atom is -0.343 e. The second kappa shape index (κ2) is 4.49. The van der Waals surface area contributed by atoms with Gasteiger partial charge in [-0.15, -0.1) is 0 Å². The third-order valence-electron chi connectivity index (χ3n) is 2.89. The van der Waals surface area contributed by atoms with E-state index >= 15 is 0 Å². The standard InChI is InChI=1S/C13H15N3O/c1-9-6-12(8-17)10(2)16(9)7-13-4-5-14-11(3)15-13/h4-6,8H,7H2,1-3H3. The lowest BCUT2D eigenvalue weighted by molar-refractivity contribution is 0.112. The van der Waals surface area contributed by atoms with Crippen molar-refractivity contribution in [3.8, 4) is 0 Å². The van der Waals surface area contributed by atoms with Crippen molar-refractivity contribution >= 4 is 6.29 Å². The van der Waals surface area contributed by atoms with Crippen LogP contribution < -0.4 is 0 Å². The maximum Gasteiger partial charge on any atom is 0.151 e. The van der Waals surface area contributed by atoms with Crippen molar-refractivity contribution in [3.05, 3.63) is 46.8 Å². The molecule has 0 fully saturated rings. The molecule has 2 heterocycles. The summed E-state index contributed by atoms with van der Waals surface area (Å²) in [7, 11) is 0. The number of aldehydes is 1. The van der Waals surface area contributed by atoms with E-state index in [1.54, 1.807) is 6.20 Å². The number of rotatable bonds is 3. The van der Waals surface area contributed by atoms with Crippen LogP contribution in [-0.2, 0) is 6.54 Å². The first-order valence-electron chi connectivity index (χ1n) is 5.52.